The number of amides is 11. The van der Waals surface area contributed by atoms with Crippen molar-refractivity contribution in [3.05, 3.63) is 102 Å². The number of unbranched alkanes of at least 4 members (excludes halogenated alkanes) is 1. The number of fused-ring (bicyclic) bond motifs is 1. The molecule has 0 saturated carbocycles. The number of aromatic nitrogens is 1. The van der Waals surface area contributed by atoms with Crippen molar-refractivity contribution in [2.75, 3.05) is 49.1 Å². The van der Waals surface area contributed by atoms with Crippen LogP contribution in [0, 0.1) is 11.8 Å². The summed E-state index contributed by atoms with van der Waals surface area (Å²) in [4.78, 5) is 157. The Morgan fingerprint density at radius 3 is 1.42 bits per heavy atom. The van der Waals surface area contributed by atoms with Crippen molar-refractivity contribution in [2.45, 2.75) is 159 Å². The van der Waals surface area contributed by atoms with Crippen molar-refractivity contribution >= 4 is 112 Å². The van der Waals surface area contributed by atoms with Crippen LogP contribution in [0.3, 0.4) is 0 Å². The molecule has 0 aliphatic heterocycles. The van der Waals surface area contributed by atoms with Crippen molar-refractivity contribution in [1.82, 2.24) is 58.2 Å². The molecule has 11 amide bonds. The van der Waals surface area contributed by atoms with Crippen molar-refractivity contribution in [3.8, 4) is 5.75 Å². The minimum atomic E-state index is -1.45. The molecule has 1 aromatic heterocycles. The Balaban J connectivity index is 1.70. The first-order valence-electron chi connectivity index (χ1n) is 31.9. The minimum absolute atomic E-state index is 0.00229. The van der Waals surface area contributed by atoms with Gasteiger partial charge in [0, 0.05) is 36.4 Å². The van der Waals surface area contributed by atoms with Gasteiger partial charge in [-0.15, -0.1) is 0 Å². The molecule has 4 rings (SSSR count). The number of primary amides is 1. The third kappa shape index (κ3) is 27.4. The number of nitrogens with one attached hydrogen (secondary N) is 11. The Morgan fingerprint density at radius 1 is 0.474 bits per heavy atom. The van der Waals surface area contributed by atoms with Gasteiger partial charge in [-0.2, -0.15) is 35.3 Å². The fraction of sp³-hybridized carbons (Fsp3) is 0.530. The number of H-pyrrole nitrogens is 1. The normalized spacial score (nSPS) is 14.4. The molecule has 3 aromatic carbocycles. The number of rotatable bonds is 45. The van der Waals surface area contributed by atoms with Crippen LogP contribution in [-0.2, 0) is 72.0 Å². The summed E-state index contributed by atoms with van der Waals surface area (Å²) in [5.41, 5.74) is 20.1. The van der Waals surface area contributed by atoms with E-state index in [4.69, 9.17) is 17.2 Å². The SMILES string of the molecule is CSCC[C@H](NC(=O)[C@@H](NC(=O)[C@H](CCSC)NC(=O)[C@H](Cc1ccc(O)cc1)NC(=O)[C@H](CCCCN)NC(=O)[C@H](Cc1c[nH]c2ccccc12)NC(=O)[C@H](CCN)NC(=O)[C@H](Cc1ccccc1)NC(=O)[C@H](CC(C)C)NC(=O)[C@H](CCSC)NC=O)C(C)C)C(N)=O. The Labute approximate surface area is 569 Å². The lowest BCUT2D eigenvalue weighted by Crippen LogP contribution is -2.61. The lowest BCUT2D eigenvalue weighted by atomic mass is 10.00. The standard InChI is InChI=1S/C66H98N14O12S3/c1-39(2)33-52(76-58(84)48(71-38-81)26-31-94-6)62(88)78-53(34-41-15-9-8-10-16-41)63(89)74-50(24-29-68)60(86)79-55(36-43-37-70-46-18-12-11-17-45(43)46)65(91)73-49(19-13-14-28-67)59(85)77-54(35-42-20-22-44(82)23-21-42)64(90)75-51(27-32-95-7)61(87)80-56(40(3)4)66(92)72-47(57(69)83)25-30-93-5/h8-12,15-18,20-23,37-40,47-56,70,82H,13-14,19,24-36,67-68H2,1-7H3,(H2,69,83)(H,71,81)(H,72,92)(H,73,91)(H,74,89)(H,75,90)(H,76,84)(H,77,85)(H,78,88)(H,79,86)(H,80,87)/t47-,48-,49-,50-,51-,52-,53-,54-,55-,56-/m0/s1. The third-order valence-electron chi connectivity index (χ3n) is 15.6. The molecule has 0 spiro atoms. The van der Waals surface area contributed by atoms with E-state index in [0.29, 0.717) is 59.6 Å². The van der Waals surface area contributed by atoms with Crippen molar-refractivity contribution < 1.29 is 57.8 Å². The van der Waals surface area contributed by atoms with Crippen LogP contribution >= 0.6 is 35.3 Å². The zero-order valence-electron chi connectivity index (χ0n) is 55.3. The molecular formula is C66H98N14O12S3. The van der Waals surface area contributed by atoms with Crippen LogP contribution in [0.5, 0.6) is 5.75 Å². The largest absolute Gasteiger partial charge is 0.508 e. The number of phenolic OH excluding ortho intramolecular Hbond substituents is 1. The summed E-state index contributed by atoms with van der Waals surface area (Å²) in [7, 11) is 0. The van der Waals surface area contributed by atoms with Crippen LogP contribution in [0.25, 0.3) is 10.9 Å². The highest BCUT2D eigenvalue weighted by atomic mass is 32.2. The van der Waals surface area contributed by atoms with Gasteiger partial charge in [-0.3, -0.25) is 52.7 Å². The smallest absolute Gasteiger partial charge is 0.243 e. The number of nitrogens with two attached hydrogens (primary N) is 3. The fourth-order valence-corrected chi connectivity index (χ4v) is 11.8. The summed E-state index contributed by atoms with van der Waals surface area (Å²) in [6.45, 7) is 7.23. The van der Waals surface area contributed by atoms with Gasteiger partial charge in [-0.25, -0.2) is 0 Å². The Kier molecular flexibility index (Phi) is 35.6. The second kappa shape index (κ2) is 42.5. The predicted molar refractivity (Wildman–Crippen MR) is 373 cm³/mol. The molecule has 1 heterocycles. The summed E-state index contributed by atoms with van der Waals surface area (Å²) in [5.74, 6) is -6.67. The van der Waals surface area contributed by atoms with Gasteiger partial charge >= 0.3 is 0 Å². The molecule has 0 aliphatic rings. The van der Waals surface area contributed by atoms with Crippen LogP contribution in [-0.4, -0.2) is 185 Å². The van der Waals surface area contributed by atoms with Crippen LogP contribution < -0.4 is 70.4 Å². The highest BCUT2D eigenvalue weighted by Gasteiger charge is 2.37. The number of benzene rings is 3. The number of thioether (sulfide) groups is 3. The first-order valence-corrected chi connectivity index (χ1v) is 36.1. The van der Waals surface area contributed by atoms with Crippen LogP contribution in [0.15, 0.2) is 85.1 Å². The van der Waals surface area contributed by atoms with E-state index in [9.17, 15) is 53.1 Å². The molecule has 522 valence electrons. The van der Waals surface area contributed by atoms with Crippen molar-refractivity contribution in [1.29, 1.82) is 0 Å². The summed E-state index contributed by atoms with van der Waals surface area (Å²) in [5, 5.41) is 38.4. The van der Waals surface area contributed by atoms with E-state index in [1.54, 1.807) is 68.6 Å². The van der Waals surface area contributed by atoms with Crippen LogP contribution in [0.2, 0.25) is 0 Å². The lowest BCUT2D eigenvalue weighted by molar-refractivity contribution is -0.136. The number of hydrogen-bond donors (Lipinski definition) is 15. The average molecular weight is 1380 g/mol. The molecule has 4 aromatic rings. The predicted octanol–water partition coefficient (Wildman–Crippen LogP) is 1.30. The first-order chi connectivity index (χ1) is 45.5. The summed E-state index contributed by atoms with van der Waals surface area (Å²) in [6.07, 6.45) is 8.64. The van der Waals surface area contributed by atoms with Gasteiger partial charge in [0.25, 0.3) is 0 Å². The zero-order chi connectivity index (χ0) is 70.0. The maximum atomic E-state index is 15.1. The summed E-state index contributed by atoms with van der Waals surface area (Å²) < 4.78 is 0. The average Bonchev–Trinajstić information content (AvgIpc) is 1.75. The van der Waals surface area contributed by atoms with E-state index in [0.717, 1.165) is 10.9 Å². The zero-order valence-corrected chi connectivity index (χ0v) is 57.7. The minimum Gasteiger partial charge on any atom is -0.508 e. The van der Waals surface area contributed by atoms with E-state index < -0.39 is 125 Å². The highest BCUT2D eigenvalue weighted by molar-refractivity contribution is 7.99. The maximum Gasteiger partial charge on any atom is 0.243 e. The molecule has 0 aliphatic carbocycles. The fourth-order valence-electron chi connectivity index (χ4n) is 10.4. The van der Waals surface area contributed by atoms with Gasteiger partial charge in [0.15, 0.2) is 0 Å². The van der Waals surface area contributed by atoms with Gasteiger partial charge in [0.2, 0.25) is 65.5 Å². The van der Waals surface area contributed by atoms with Gasteiger partial charge in [-0.1, -0.05) is 88.4 Å². The molecule has 0 radical (unpaired) electrons. The molecular weight excluding hydrogens is 1280 g/mol. The molecule has 0 saturated heterocycles. The van der Waals surface area contributed by atoms with Crippen molar-refractivity contribution in [2.24, 2.45) is 29.0 Å². The monoisotopic (exact) mass is 1370 g/mol. The summed E-state index contributed by atoms with van der Waals surface area (Å²) >= 11 is 4.34. The van der Waals surface area contributed by atoms with E-state index in [-0.39, 0.29) is 76.1 Å². The van der Waals surface area contributed by atoms with Gasteiger partial charge < -0.3 is 80.5 Å². The quantitative estimate of drug-likeness (QED) is 0.0219. The molecule has 95 heavy (non-hydrogen) atoms. The number of carbonyl (C=O) groups is 11. The molecule has 18 N–H and O–H groups in total. The Hall–Kier alpha value is -7.86. The number of para-hydroxylation sites is 1. The first kappa shape index (κ1) is 79.6. The number of aromatic amines is 1. The molecule has 0 fully saturated rings. The molecule has 0 unspecified atom stereocenters. The lowest BCUT2D eigenvalue weighted by Gasteiger charge is -2.29. The topological polar surface area (TPSA) is 422 Å². The second-order valence-electron chi connectivity index (χ2n) is 23.9. The van der Waals surface area contributed by atoms with E-state index in [2.05, 4.69) is 58.2 Å². The van der Waals surface area contributed by atoms with Crippen molar-refractivity contribution in [3.63, 3.8) is 0 Å². The highest BCUT2D eigenvalue weighted by Crippen LogP contribution is 2.21. The van der Waals surface area contributed by atoms with Crippen LogP contribution in [0.1, 0.15) is 95.8 Å². The van der Waals surface area contributed by atoms with Gasteiger partial charge in [0.05, 0.1) is 0 Å². The Morgan fingerprint density at radius 2 is 0.905 bits per heavy atom. The molecule has 29 heteroatoms. The number of aromatic hydroxyl groups is 1. The van der Waals surface area contributed by atoms with E-state index in [1.165, 1.54) is 47.4 Å². The van der Waals surface area contributed by atoms with E-state index in [1.807, 2.05) is 50.8 Å². The molecule has 10 atom stereocenters. The molecule has 0 bridgehead atoms. The second-order valence-corrected chi connectivity index (χ2v) is 26.9. The van der Waals surface area contributed by atoms with E-state index >= 15 is 4.79 Å². The van der Waals surface area contributed by atoms with Gasteiger partial charge in [-0.05, 0) is 147 Å². The number of phenols is 1. The number of carbonyl (C=O) groups excluding carboxylic acids is 11. The Bertz CT molecular complexity index is 3120. The number of hydrogen-bond acceptors (Lipinski definition) is 17. The summed E-state index contributed by atoms with van der Waals surface area (Å²) in [6, 6.07) is 9.55. The third-order valence-corrected chi connectivity index (χ3v) is 17.6. The van der Waals surface area contributed by atoms with Crippen LogP contribution in [0.4, 0.5) is 0 Å². The van der Waals surface area contributed by atoms with Gasteiger partial charge in [0.1, 0.15) is 66.2 Å². The maximum absolute atomic E-state index is 15.1. The molecule has 26 nitrogen and oxygen atoms in total.